The standard InChI is InChI=1S/C29H29NO6/c1-5-6-11-35-21-10-9-19(15-22(21)33-4)26-25-27(31)24-18(3)13-17(2)14-23(24)36-28(25)29(32)30(26)16-20-8-7-12-34-20/h7-10,12-15,26H,5-6,11,16H2,1-4H3. The molecule has 0 fully saturated rings. The lowest BCUT2D eigenvalue weighted by atomic mass is 9.96. The third kappa shape index (κ3) is 4.04. The normalized spacial score (nSPS) is 14.9. The van der Waals surface area contributed by atoms with Crippen LogP contribution in [-0.4, -0.2) is 24.5 Å². The van der Waals surface area contributed by atoms with E-state index >= 15 is 0 Å². The lowest BCUT2D eigenvalue weighted by molar-refractivity contribution is 0.0701. The molecule has 0 bridgehead atoms. The number of nitrogens with zero attached hydrogens (tertiary/aromatic N) is 1. The van der Waals surface area contributed by atoms with Crippen molar-refractivity contribution in [2.24, 2.45) is 0 Å². The Hall–Kier alpha value is -4.00. The number of fused-ring (bicyclic) bond motifs is 2. The molecule has 186 valence electrons. The highest BCUT2D eigenvalue weighted by molar-refractivity contribution is 5.99. The largest absolute Gasteiger partial charge is 0.493 e. The highest BCUT2D eigenvalue weighted by atomic mass is 16.5. The maximum Gasteiger partial charge on any atom is 0.291 e. The van der Waals surface area contributed by atoms with Gasteiger partial charge in [0.15, 0.2) is 16.9 Å². The van der Waals surface area contributed by atoms with E-state index in [0.29, 0.717) is 40.4 Å². The number of rotatable bonds is 8. The zero-order valence-corrected chi connectivity index (χ0v) is 20.9. The average molecular weight is 488 g/mol. The molecule has 5 rings (SSSR count). The molecule has 7 nitrogen and oxygen atoms in total. The predicted octanol–water partition coefficient (Wildman–Crippen LogP) is 5.94. The molecule has 0 aliphatic carbocycles. The number of benzene rings is 2. The Kier molecular flexibility index (Phi) is 6.31. The third-order valence-corrected chi connectivity index (χ3v) is 6.58. The lowest BCUT2D eigenvalue weighted by Crippen LogP contribution is -2.29. The number of unbranched alkanes of at least 4 members (excludes halogenated alkanes) is 1. The number of ether oxygens (including phenoxy) is 2. The molecule has 0 spiro atoms. The van der Waals surface area contributed by atoms with Crippen LogP contribution in [0.5, 0.6) is 11.5 Å². The molecule has 1 aliphatic rings. The zero-order chi connectivity index (χ0) is 25.4. The van der Waals surface area contributed by atoms with Crippen LogP contribution >= 0.6 is 0 Å². The molecule has 2 aromatic carbocycles. The minimum Gasteiger partial charge on any atom is -0.493 e. The van der Waals surface area contributed by atoms with Crippen molar-refractivity contribution in [2.75, 3.05) is 13.7 Å². The van der Waals surface area contributed by atoms with E-state index in [2.05, 4.69) is 6.92 Å². The molecule has 2 aromatic heterocycles. The van der Waals surface area contributed by atoms with Crippen LogP contribution in [-0.2, 0) is 6.54 Å². The van der Waals surface area contributed by atoms with E-state index in [1.807, 2.05) is 38.1 Å². The molecular weight excluding hydrogens is 458 g/mol. The summed E-state index contributed by atoms with van der Waals surface area (Å²) in [5.41, 5.74) is 3.04. The second kappa shape index (κ2) is 9.57. The zero-order valence-electron chi connectivity index (χ0n) is 20.9. The molecule has 1 aliphatic heterocycles. The summed E-state index contributed by atoms with van der Waals surface area (Å²) in [4.78, 5) is 29.2. The molecule has 1 unspecified atom stereocenters. The minimum absolute atomic E-state index is 0.0660. The van der Waals surface area contributed by atoms with E-state index in [-0.39, 0.29) is 23.6 Å². The van der Waals surface area contributed by atoms with Crippen molar-refractivity contribution in [3.63, 3.8) is 0 Å². The van der Waals surface area contributed by atoms with Gasteiger partial charge >= 0.3 is 0 Å². The molecule has 0 radical (unpaired) electrons. The summed E-state index contributed by atoms with van der Waals surface area (Å²) >= 11 is 0. The number of hydrogen-bond donors (Lipinski definition) is 0. The highest BCUT2D eigenvalue weighted by Gasteiger charge is 2.43. The molecule has 36 heavy (non-hydrogen) atoms. The second-order valence-electron chi connectivity index (χ2n) is 9.16. The Morgan fingerprint density at radius 3 is 2.61 bits per heavy atom. The van der Waals surface area contributed by atoms with Crippen molar-refractivity contribution in [3.8, 4) is 11.5 Å². The fourth-order valence-corrected chi connectivity index (χ4v) is 4.89. The fraction of sp³-hybridized carbons (Fsp3) is 0.310. The molecule has 0 saturated carbocycles. The van der Waals surface area contributed by atoms with Crippen molar-refractivity contribution >= 4 is 16.9 Å². The van der Waals surface area contributed by atoms with E-state index < -0.39 is 6.04 Å². The average Bonchev–Trinajstić information content (AvgIpc) is 3.46. The van der Waals surface area contributed by atoms with Gasteiger partial charge in [-0.1, -0.05) is 25.5 Å². The third-order valence-electron chi connectivity index (χ3n) is 6.58. The van der Waals surface area contributed by atoms with E-state index in [0.717, 1.165) is 29.5 Å². The van der Waals surface area contributed by atoms with Crippen molar-refractivity contribution in [3.05, 3.63) is 92.7 Å². The highest BCUT2D eigenvalue weighted by Crippen LogP contribution is 2.42. The van der Waals surface area contributed by atoms with Crippen LogP contribution in [0.2, 0.25) is 0 Å². The van der Waals surface area contributed by atoms with E-state index in [9.17, 15) is 9.59 Å². The van der Waals surface area contributed by atoms with Gasteiger partial charge < -0.3 is 23.2 Å². The molecule has 3 heterocycles. The lowest BCUT2D eigenvalue weighted by Gasteiger charge is -2.25. The summed E-state index contributed by atoms with van der Waals surface area (Å²) in [5.74, 6) is 1.48. The van der Waals surface area contributed by atoms with Crippen LogP contribution in [0.25, 0.3) is 11.0 Å². The Bertz CT molecular complexity index is 1480. The topological polar surface area (TPSA) is 82.1 Å². The SMILES string of the molecule is CCCCOc1ccc(C2c3c(oc4cc(C)cc(C)c4c3=O)C(=O)N2Cc2ccco2)cc1OC. The van der Waals surface area contributed by atoms with Crippen LogP contribution in [0, 0.1) is 13.8 Å². The van der Waals surface area contributed by atoms with Crippen molar-refractivity contribution in [1.82, 2.24) is 4.90 Å². The Labute approximate surface area is 209 Å². The van der Waals surface area contributed by atoms with Gasteiger partial charge in [-0.05, 0) is 67.3 Å². The second-order valence-corrected chi connectivity index (χ2v) is 9.16. The van der Waals surface area contributed by atoms with Gasteiger partial charge in [-0.15, -0.1) is 0 Å². The van der Waals surface area contributed by atoms with Crippen molar-refractivity contribution in [2.45, 2.75) is 46.2 Å². The Balaban J connectivity index is 1.68. The number of amides is 1. The van der Waals surface area contributed by atoms with Crippen molar-refractivity contribution in [1.29, 1.82) is 0 Å². The van der Waals surface area contributed by atoms with Gasteiger partial charge in [0.1, 0.15) is 11.3 Å². The predicted molar refractivity (Wildman–Crippen MR) is 136 cm³/mol. The number of hydrogen-bond acceptors (Lipinski definition) is 6. The van der Waals surface area contributed by atoms with Gasteiger partial charge in [-0.3, -0.25) is 9.59 Å². The first kappa shape index (κ1) is 23.7. The van der Waals surface area contributed by atoms with Crippen LogP contribution in [0.1, 0.15) is 64.4 Å². The van der Waals surface area contributed by atoms with Gasteiger partial charge in [0, 0.05) is 0 Å². The Morgan fingerprint density at radius 2 is 1.89 bits per heavy atom. The molecule has 1 amide bonds. The first-order chi connectivity index (χ1) is 17.4. The summed E-state index contributed by atoms with van der Waals surface area (Å²) in [5, 5.41) is 0.489. The van der Waals surface area contributed by atoms with Gasteiger partial charge in [-0.25, -0.2) is 0 Å². The smallest absolute Gasteiger partial charge is 0.291 e. The van der Waals surface area contributed by atoms with E-state index in [1.165, 1.54) is 0 Å². The Morgan fingerprint density at radius 1 is 1.06 bits per heavy atom. The monoisotopic (exact) mass is 487 g/mol. The summed E-state index contributed by atoms with van der Waals surface area (Å²) in [6.07, 6.45) is 3.51. The van der Waals surface area contributed by atoms with E-state index in [1.54, 1.807) is 36.5 Å². The summed E-state index contributed by atoms with van der Waals surface area (Å²) in [6, 6.07) is 12.2. The number of aryl methyl sites for hydroxylation is 2. The summed E-state index contributed by atoms with van der Waals surface area (Å²) in [6.45, 7) is 6.69. The van der Waals surface area contributed by atoms with Gasteiger partial charge in [0.25, 0.3) is 5.91 Å². The molecule has 4 aromatic rings. The van der Waals surface area contributed by atoms with Gasteiger partial charge in [-0.2, -0.15) is 0 Å². The maximum atomic E-state index is 13.9. The molecule has 1 atom stereocenters. The fourth-order valence-electron chi connectivity index (χ4n) is 4.89. The first-order valence-electron chi connectivity index (χ1n) is 12.1. The molecule has 0 N–H and O–H groups in total. The maximum absolute atomic E-state index is 13.9. The first-order valence-corrected chi connectivity index (χ1v) is 12.1. The van der Waals surface area contributed by atoms with Crippen molar-refractivity contribution < 1.29 is 23.1 Å². The molecule has 7 heteroatoms. The molecule has 0 saturated heterocycles. The number of carbonyl (C=O) groups is 1. The number of furan rings is 1. The van der Waals surface area contributed by atoms with Crippen LogP contribution in [0.4, 0.5) is 0 Å². The van der Waals surface area contributed by atoms with Crippen LogP contribution in [0.15, 0.2) is 62.4 Å². The molecular formula is C29H29NO6. The number of methoxy groups -OCH3 is 1. The quantitative estimate of drug-likeness (QED) is 0.286. The van der Waals surface area contributed by atoms with Crippen LogP contribution < -0.4 is 14.9 Å². The van der Waals surface area contributed by atoms with Crippen LogP contribution in [0.3, 0.4) is 0 Å². The number of carbonyl (C=O) groups excluding carboxylic acids is 1. The van der Waals surface area contributed by atoms with Gasteiger partial charge in [0.05, 0.1) is 43.5 Å². The summed E-state index contributed by atoms with van der Waals surface area (Å²) < 4.78 is 23.2. The summed E-state index contributed by atoms with van der Waals surface area (Å²) in [7, 11) is 1.58. The van der Waals surface area contributed by atoms with E-state index in [4.69, 9.17) is 18.3 Å². The van der Waals surface area contributed by atoms with Gasteiger partial charge in [0.2, 0.25) is 5.76 Å². The minimum atomic E-state index is -0.669.